The third-order valence-electron chi connectivity index (χ3n) is 4.63. The van der Waals surface area contributed by atoms with E-state index in [2.05, 4.69) is 26.4 Å². The Kier molecular flexibility index (Phi) is 6.13. The summed E-state index contributed by atoms with van der Waals surface area (Å²) < 4.78 is 45.2. The zero-order chi connectivity index (χ0) is 20.3. The summed E-state index contributed by atoms with van der Waals surface area (Å²) in [4.78, 5) is 0. The van der Waals surface area contributed by atoms with Gasteiger partial charge in [0.05, 0.1) is 5.56 Å². The van der Waals surface area contributed by atoms with Crippen molar-refractivity contribution in [1.29, 1.82) is 0 Å². The van der Waals surface area contributed by atoms with Gasteiger partial charge in [0, 0.05) is 16.6 Å². The highest BCUT2D eigenvalue weighted by Gasteiger charge is 2.30. The highest BCUT2D eigenvalue weighted by Crippen LogP contribution is 2.33. The van der Waals surface area contributed by atoms with Gasteiger partial charge < -0.3 is 9.84 Å². The summed E-state index contributed by atoms with van der Waals surface area (Å²) >= 11 is 3.41. The van der Waals surface area contributed by atoms with E-state index in [1.165, 1.54) is 12.1 Å². The lowest BCUT2D eigenvalue weighted by molar-refractivity contribution is -0.137. The van der Waals surface area contributed by atoms with Crippen molar-refractivity contribution in [2.75, 3.05) is 11.9 Å². The van der Waals surface area contributed by atoms with Crippen molar-refractivity contribution in [3.8, 4) is 11.3 Å². The standard InChI is InChI=1S/C21H20BrF3N2O/c1-13(16-4-3-5-17(12-16)21(23,24)25)10-11-26-19-14(2)27-28-20(19)15-6-8-18(22)9-7-15/h3-9,12-13,26H,10-11H2,1-2H3. The van der Waals surface area contributed by atoms with Crippen molar-refractivity contribution < 1.29 is 17.7 Å². The fourth-order valence-electron chi connectivity index (χ4n) is 2.98. The predicted molar refractivity (Wildman–Crippen MR) is 107 cm³/mol. The van der Waals surface area contributed by atoms with E-state index in [1.807, 2.05) is 38.1 Å². The Balaban J connectivity index is 1.67. The first-order valence-corrected chi connectivity index (χ1v) is 9.68. The van der Waals surface area contributed by atoms with Gasteiger partial charge in [0.25, 0.3) is 0 Å². The van der Waals surface area contributed by atoms with Crippen LogP contribution < -0.4 is 5.32 Å². The van der Waals surface area contributed by atoms with Gasteiger partial charge in [-0.2, -0.15) is 13.2 Å². The lowest BCUT2D eigenvalue weighted by Crippen LogP contribution is -2.09. The molecule has 0 radical (unpaired) electrons. The first-order chi connectivity index (χ1) is 13.3. The minimum absolute atomic E-state index is 0.0221. The molecule has 0 saturated carbocycles. The second-order valence-electron chi connectivity index (χ2n) is 6.72. The second kappa shape index (κ2) is 8.39. The van der Waals surface area contributed by atoms with Crippen LogP contribution in [0.15, 0.2) is 57.5 Å². The van der Waals surface area contributed by atoms with Gasteiger partial charge in [-0.25, -0.2) is 0 Å². The number of aryl methyl sites for hydroxylation is 1. The van der Waals surface area contributed by atoms with E-state index in [-0.39, 0.29) is 5.92 Å². The normalized spacial score (nSPS) is 12.8. The summed E-state index contributed by atoms with van der Waals surface area (Å²) in [6.07, 6.45) is -3.65. The SMILES string of the molecule is Cc1noc(-c2ccc(Br)cc2)c1NCCC(C)c1cccc(C(F)(F)F)c1. The molecule has 1 heterocycles. The van der Waals surface area contributed by atoms with Crippen LogP contribution in [0.1, 0.15) is 36.1 Å². The van der Waals surface area contributed by atoms with Crippen LogP contribution in [-0.2, 0) is 6.18 Å². The van der Waals surface area contributed by atoms with Crippen LogP contribution in [0.3, 0.4) is 0 Å². The van der Waals surface area contributed by atoms with E-state index in [0.717, 1.165) is 27.5 Å². The van der Waals surface area contributed by atoms with E-state index >= 15 is 0 Å². The molecule has 3 aromatic rings. The number of hydrogen-bond donors (Lipinski definition) is 1. The van der Waals surface area contributed by atoms with E-state index in [0.29, 0.717) is 24.3 Å². The number of benzene rings is 2. The Morgan fingerprint density at radius 2 is 1.86 bits per heavy atom. The second-order valence-corrected chi connectivity index (χ2v) is 7.63. The maximum Gasteiger partial charge on any atom is 0.416 e. The Morgan fingerprint density at radius 1 is 1.14 bits per heavy atom. The van der Waals surface area contributed by atoms with Crippen LogP contribution >= 0.6 is 15.9 Å². The Hall–Kier alpha value is -2.28. The molecule has 1 unspecified atom stereocenters. The van der Waals surface area contributed by atoms with Gasteiger partial charge in [0.1, 0.15) is 11.4 Å². The van der Waals surface area contributed by atoms with Crippen molar-refractivity contribution in [2.24, 2.45) is 0 Å². The molecular weight excluding hydrogens is 433 g/mol. The van der Waals surface area contributed by atoms with Crippen LogP contribution in [0, 0.1) is 6.92 Å². The number of halogens is 4. The first-order valence-electron chi connectivity index (χ1n) is 8.89. The van der Waals surface area contributed by atoms with E-state index in [4.69, 9.17) is 4.52 Å². The average molecular weight is 453 g/mol. The third-order valence-corrected chi connectivity index (χ3v) is 5.16. The van der Waals surface area contributed by atoms with Crippen molar-refractivity contribution >= 4 is 21.6 Å². The summed E-state index contributed by atoms with van der Waals surface area (Å²) in [5, 5.41) is 7.37. The van der Waals surface area contributed by atoms with Crippen molar-refractivity contribution in [2.45, 2.75) is 32.4 Å². The Bertz CT molecular complexity index is 936. The molecule has 0 aliphatic carbocycles. The maximum atomic E-state index is 12.9. The fraction of sp³-hybridized carbons (Fsp3) is 0.286. The van der Waals surface area contributed by atoms with Crippen molar-refractivity contribution in [3.05, 3.63) is 69.8 Å². The van der Waals surface area contributed by atoms with Crippen LogP contribution in [0.5, 0.6) is 0 Å². The zero-order valence-electron chi connectivity index (χ0n) is 15.5. The molecular formula is C21H20BrF3N2O. The molecule has 2 aromatic carbocycles. The van der Waals surface area contributed by atoms with Gasteiger partial charge in [0.15, 0.2) is 5.76 Å². The van der Waals surface area contributed by atoms with E-state index in [1.54, 1.807) is 6.07 Å². The molecule has 0 aliphatic rings. The highest BCUT2D eigenvalue weighted by molar-refractivity contribution is 9.10. The van der Waals surface area contributed by atoms with Gasteiger partial charge >= 0.3 is 6.18 Å². The van der Waals surface area contributed by atoms with E-state index < -0.39 is 11.7 Å². The Morgan fingerprint density at radius 3 is 2.54 bits per heavy atom. The number of anilines is 1. The molecule has 1 N–H and O–H groups in total. The summed E-state index contributed by atoms with van der Waals surface area (Å²) in [5.74, 6) is 0.628. The molecule has 0 amide bonds. The Labute approximate surface area is 170 Å². The molecule has 7 heteroatoms. The van der Waals surface area contributed by atoms with Crippen molar-refractivity contribution in [3.63, 3.8) is 0 Å². The number of hydrogen-bond acceptors (Lipinski definition) is 3. The lowest BCUT2D eigenvalue weighted by atomic mass is 9.96. The molecule has 0 bridgehead atoms. The molecule has 0 aliphatic heterocycles. The quantitative estimate of drug-likeness (QED) is 0.435. The summed E-state index contributed by atoms with van der Waals surface area (Å²) in [5.41, 5.74) is 2.50. The number of nitrogens with zero attached hydrogens (tertiary/aromatic N) is 1. The number of alkyl halides is 3. The molecule has 0 spiro atoms. The first kappa shape index (κ1) is 20.5. The number of rotatable bonds is 6. The van der Waals surface area contributed by atoms with Gasteiger partial charge in [-0.15, -0.1) is 0 Å². The molecule has 148 valence electrons. The highest BCUT2D eigenvalue weighted by atomic mass is 79.9. The number of nitrogens with one attached hydrogen (secondary N) is 1. The summed E-state index contributed by atoms with van der Waals surface area (Å²) in [6.45, 7) is 4.36. The van der Waals surface area contributed by atoms with Crippen LogP contribution in [-0.4, -0.2) is 11.7 Å². The van der Waals surface area contributed by atoms with Crippen LogP contribution in [0.4, 0.5) is 18.9 Å². The van der Waals surface area contributed by atoms with Crippen LogP contribution in [0.2, 0.25) is 0 Å². The molecule has 3 rings (SSSR count). The smallest absolute Gasteiger partial charge is 0.380 e. The summed E-state index contributed by atoms with van der Waals surface area (Å²) in [6, 6.07) is 13.2. The van der Waals surface area contributed by atoms with Gasteiger partial charge in [-0.1, -0.05) is 46.2 Å². The zero-order valence-corrected chi connectivity index (χ0v) is 17.1. The predicted octanol–water partition coefficient (Wildman–Crippen LogP) is 7.04. The number of aromatic nitrogens is 1. The largest absolute Gasteiger partial charge is 0.416 e. The van der Waals surface area contributed by atoms with E-state index in [9.17, 15) is 13.2 Å². The van der Waals surface area contributed by atoms with Gasteiger partial charge in [-0.05, 0) is 55.2 Å². The minimum Gasteiger partial charge on any atom is -0.380 e. The fourth-order valence-corrected chi connectivity index (χ4v) is 3.24. The molecule has 3 nitrogen and oxygen atoms in total. The van der Waals surface area contributed by atoms with Crippen LogP contribution in [0.25, 0.3) is 11.3 Å². The molecule has 1 atom stereocenters. The summed E-state index contributed by atoms with van der Waals surface area (Å²) in [7, 11) is 0. The van der Waals surface area contributed by atoms with Crippen molar-refractivity contribution in [1.82, 2.24) is 5.16 Å². The molecule has 0 fully saturated rings. The maximum absolute atomic E-state index is 12.9. The van der Waals surface area contributed by atoms with Gasteiger partial charge in [0.2, 0.25) is 0 Å². The third kappa shape index (κ3) is 4.76. The topological polar surface area (TPSA) is 38.1 Å². The monoisotopic (exact) mass is 452 g/mol. The lowest BCUT2D eigenvalue weighted by Gasteiger charge is -2.15. The molecule has 0 saturated heterocycles. The average Bonchev–Trinajstić information content (AvgIpc) is 3.02. The minimum atomic E-state index is -4.33. The molecule has 28 heavy (non-hydrogen) atoms. The molecule has 1 aromatic heterocycles. The van der Waals surface area contributed by atoms with Gasteiger partial charge in [-0.3, -0.25) is 0 Å².